The molecule has 122 valence electrons. The zero-order valence-corrected chi connectivity index (χ0v) is 14.6. The maximum absolute atomic E-state index is 12.3. The zero-order chi connectivity index (χ0) is 16.1. The topological polar surface area (TPSA) is 71.3 Å². The summed E-state index contributed by atoms with van der Waals surface area (Å²) in [6.45, 7) is 11.9. The minimum atomic E-state index is -3.49. The van der Waals surface area contributed by atoms with Gasteiger partial charge in [0.25, 0.3) is 0 Å². The van der Waals surface area contributed by atoms with Crippen molar-refractivity contribution in [2.45, 2.75) is 58.9 Å². The molecule has 0 saturated carbocycles. The van der Waals surface area contributed by atoms with Crippen LogP contribution in [0.2, 0.25) is 0 Å². The quantitative estimate of drug-likeness (QED) is 0.723. The van der Waals surface area contributed by atoms with E-state index in [0.29, 0.717) is 24.6 Å². The Kier molecular flexibility index (Phi) is 6.43. The van der Waals surface area contributed by atoms with Gasteiger partial charge in [-0.3, -0.25) is 0 Å². The van der Waals surface area contributed by atoms with Gasteiger partial charge in [0.05, 0.1) is 6.54 Å². The number of rotatable bonds is 8. The highest BCUT2D eigenvalue weighted by atomic mass is 32.2. The van der Waals surface area contributed by atoms with Crippen molar-refractivity contribution in [1.82, 2.24) is 10.0 Å². The van der Waals surface area contributed by atoms with E-state index in [1.165, 1.54) is 0 Å². The molecule has 0 spiro atoms. The second kappa shape index (κ2) is 7.42. The van der Waals surface area contributed by atoms with Crippen LogP contribution in [0.1, 0.15) is 52.1 Å². The Hall–Kier alpha value is -0.850. The highest BCUT2D eigenvalue weighted by Gasteiger charge is 2.21. The summed E-state index contributed by atoms with van der Waals surface area (Å²) in [6.07, 6.45) is 1.81. The van der Waals surface area contributed by atoms with Gasteiger partial charge in [0.1, 0.15) is 16.4 Å². The van der Waals surface area contributed by atoms with Crippen LogP contribution in [0.3, 0.4) is 0 Å². The fraction of sp³-hybridized carbons (Fsp3) is 0.733. The molecule has 0 aliphatic rings. The molecule has 0 bridgehead atoms. The first-order valence-corrected chi connectivity index (χ1v) is 8.94. The van der Waals surface area contributed by atoms with Crippen molar-refractivity contribution < 1.29 is 12.8 Å². The molecular formula is C15H28N2O3S. The van der Waals surface area contributed by atoms with E-state index in [0.717, 1.165) is 19.4 Å². The van der Waals surface area contributed by atoms with Gasteiger partial charge in [-0.15, -0.1) is 0 Å². The Bertz CT molecular complexity index is 542. The van der Waals surface area contributed by atoms with E-state index in [4.69, 9.17) is 4.42 Å². The van der Waals surface area contributed by atoms with Gasteiger partial charge < -0.3 is 9.73 Å². The van der Waals surface area contributed by atoms with Crippen LogP contribution in [-0.2, 0) is 16.6 Å². The molecule has 0 aromatic carbocycles. The lowest BCUT2D eigenvalue weighted by atomic mass is 9.93. The standard InChI is InChI=1S/C15H28N2O3S/c1-6-8-16-11-13-10-14(12(2)20-13)21(18,19)17-9-7-15(3,4)5/h10,16-17H,6-9,11H2,1-5H3. The highest BCUT2D eigenvalue weighted by molar-refractivity contribution is 7.89. The third-order valence-corrected chi connectivity index (χ3v) is 4.67. The SMILES string of the molecule is CCCNCc1cc(S(=O)(=O)NCCC(C)(C)C)c(C)o1. The van der Waals surface area contributed by atoms with E-state index in [9.17, 15) is 8.42 Å². The van der Waals surface area contributed by atoms with E-state index < -0.39 is 10.0 Å². The summed E-state index contributed by atoms with van der Waals surface area (Å²) in [4.78, 5) is 0.240. The van der Waals surface area contributed by atoms with E-state index in [1.54, 1.807) is 13.0 Å². The number of aryl methyl sites for hydroxylation is 1. The van der Waals surface area contributed by atoms with Gasteiger partial charge in [0.2, 0.25) is 10.0 Å². The lowest BCUT2D eigenvalue weighted by Gasteiger charge is -2.17. The maximum atomic E-state index is 12.3. The predicted molar refractivity (Wildman–Crippen MR) is 84.7 cm³/mol. The molecule has 1 heterocycles. The monoisotopic (exact) mass is 316 g/mol. The Morgan fingerprint density at radius 2 is 1.90 bits per heavy atom. The van der Waals surface area contributed by atoms with Gasteiger partial charge in [0.15, 0.2) is 0 Å². The number of hydrogen-bond acceptors (Lipinski definition) is 4. The molecule has 5 nitrogen and oxygen atoms in total. The number of hydrogen-bond donors (Lipinski definition) is 2. The molecule has 0 aliphatic carbocycles. The first-order chi connectivity index (χ1) is 9.65. The minimum absolute atomic E-state index is 0.100. The maximum Gasteiger partial charge on any atom is 0.244 e. The summed E-state index contributed by atoms with van der Waals surface area (Å²) in [7, 11) is -3.49. The van der Waals surface area contributed by atoms with E-state index >= 15 is 0 Å². The van der Waals surface area contributed by atoms with E-state index in [-0.39, 0.29) is 10.3 Å². The average molecular weight is 316 g/mol. The molecule has 0 amide bonds. The summed E-state index contributed by atoms with van der Waals surface area (Å²) in [5, 5.41) is 3.20. The average Bonchev–Trinajstić information content (AvgIpc) is 2.69. The predicted octanol–water partition coefficient (Wildman–Crippen LogP) is 2.80. The van der Waals surface area contributed by atoms with Gasteiger partial charge in [-0.05, 0) is 31.7 Å². The lowest BCUT2D eigenvalue weighted by Crippen LogP contribution is -2.27. The Morgan fingerprint density at radius 3 is 2.48 bits per heavy atom. The Balaban J connectivity index is 2.70. The molecule has 0 saturated heterocycles. The van der Waals surface area contributed by atoms with Crippen LogP contribution in [0.15, 0.2) is 15.4 Å². The molecule has 1 aromatic heterocycles. The minimum Gasteiger partial charge on any atom is -0.464 e. The Morgan fingerprint density at radius 1 is 1.24 bits per heavy atom. The van der Waals surface area contributed by atoms with Crippen LogP contribution in [-0.4, -0.2) is 21.5 Å². The Labute approximate surface area is 128 Å². The van der Waals surface area contributed by atoms with Crippen molar-refractivity contribution in [3.05, 3.63) is 17.6 Å². The summed E-state index contributed by atoms with van der Waals surface area (Å²) in [5.41, 5.74) is 0.100. The highest BCUT2D eigenvalue weighted by Crippen LogP contribution is 2.21. The van der Waals surface area contributed by atoms with Crippen molar-refractivity contribution in [1.29, 1.82) is 0 Å². The molecule has 0 unspecified atom stereocenters. The summed E-state index contributed by atoms with van der Waals surface area (Å²) in [5.74, 6) is 1.09. The van der Waals surface area contributed by atoms with Gasteiger partial charge in [-0.2, -0.15) is 0 Å². The number of nitrogens with one attached hydrogen (secondary N) is 2. The molecule has 0 fully saturated rings. The van der Waals surface area contributed by atoms with Crippen molar-refractivity contribution in [3.63, 3.8) is 0 Å². The van der Waals surface area contributed by atoms with Crippen LogP contribution in [0.25, 0.3) is 0 Å². The zero-order valence-electron chi connectivity index (χ0n) is 13.7. The smallest absolute Gasteiger partial charge is 0.244 e. The molecule has 6 heteroatoms. The normalized spacial score (nSPS) is 12.8. The molecular weight excluding hydrogens is 288 g/mol. The van der Waals surface area contributed by atoms with Crippen LogP contribution in [0, 0.1) is 12.3 Å². The fourth-order valence-electron chi connectivity index (χ4n) is 1.90. The molecule has 2 N–H and O–H groups in total. The van der Waals surface area contributed by atoms with Gasteiger partial charge in [-0.25, -0.2) is 13.1 Å². The molecule has 0 atom stereocenters. The third-order valence-electron chi connectivity index (χ3n) is 3.11. The van der Waals surface area contributed by atoms with Crippen LogP contribution in [0.4, 0.5) is 0 Å². The summed E-state index contributed by atoms with van der Waals surface area (Å²) < 4.78 is 32.7. The van der Waals surface area contributed by atoms with Crippen molar-refractivity contribution in [2.75, 3.05) is 13.1 Å². The second-order valence-corrected chi connectivity index (χ2v) is 8.25. The first-order valence-electron chi connectivity index (χ1n) is 7.45. The largest absolute Gasteiger partial charge is 0.464 e. The van der Waals surface area contributed by atoms with Crippen molar-refractivity contribution in [2.24, 2.45) is 5.41 Å². The number of furan rings is 1. The summed E-state index contributed by atoms with van der Waals surface area (Å²) in [6, 6.07) is 1.61. The number of sulfonamides is 1. The molecule has 21 heavy (non-hydrogen) atoms. The van der Waals surface area contributed by atoms with Crippen LogP contribution in [0.5, 0.6) is 0 Å². The van der Waals surface area contributed by atoms with Crippen molar-refractivity contribution in [3.8, 4) is 0 Å². The third kappa shape index (κ3) is 6.20. The molecule has 0 radical (unpaired) electrons. The van der Waals surface area contributed by atoms with Gasteiger partial charge in [0, 0.05) is 12.6 Å². The van der Waals surface area contributed by atoms with Gasteiger partial charge >= 0.3 is 0 Å². The summed E-state index contributed by atoms with van der Waals surface area (Å²) >= 11 is 0. The fourth-order valence-corrected chi connectivity index (χ4v) is 3.14. The molecule has 0 aliphatic heterocycles. The lowest BCUT2D eigenvalue weighted by molar-refractivity contribution is 0.378. The molecule has 1 aromatic rings. The first kappa shape index (κ1) is 18.2. The van der Waals surface area contributed by atoms with Crippen LogP contribution < -0.4 is 10.0 Å². The van der Waals surface area contributed by atoms with E-state index in [1.807, 2.05) is 0 Å². The second-order valence-electron chi connectivity index (χ2n) is 6.52. The van der Waals surface area contributed by atoms with Crippen LogP contribution >= 0.6 is 0 Å². The molecule has 1 rings (SSSR count). The van der Waals surface area contributed by atoms with Crippen molar-refractivity contribution >= 4 is 10.0 Å². The van der Waals surface area contributed by atoms with E-state index in [2.05, 4.69) is 37.7 Å². The van der Waals surface area contributed by atoms with Gasteiger partial charge in [-0.1, -0.05) is 27.7 Å².